The van der Waals surface area contributed by atoms with Crippen LogP contribution < -0.4 is 21.1 Å². The van der Waals surface area contributed by atoms with E-state index in [0.29, 0.717) is 5.82 Å². The summed E-state index contributed by atoms with van der Waals surface area (Å²) >= 11 is 0. The van der Waals surface area contributed by atoms with Crippen molar-refractivity contribution in [2.45, 2.75) is 25.7 Å². The number of nitrogens with zero attached hydrogens (tertiary/aromatic N) is 4. The van der Waals surface area contributed by atoms with Crippen molar-refractivity contribution in [1.82, 2.24) is 14.8 Å². The summed E-state index contributed by atoms with van der Waals surface area (Å²) < 4.78 is 7.50. The molecule has 1 aliphatic heterocycles. The maximum atomic E-state index is 6.80. The molecule has 38 heavy (non-hydrogen) atoms. The zero-order valence-corrected chi connectivity index (χ0v) is 21.8. The van der Waals surface area contributed by atoms with Gasteiger partial charge in [-0.15, -0.1) is 5.10 Å². The lowest BCUT2D eigenvalue weighted by Crippen LogP contribution is -2.32. The van der Waals surface area contributed by atoms with Crippen LogP contribution in [0.3, 0.4) is 0 Å². The molecule has 5 aromatic rings. The second kappa shape index (κ2) is 9.50. The molecule has 192 valence electrons. The number of hydrogen-bond acceptors (Lipinski definition) is 6. The zero-order valence-electron chi connectivity index (χ0n) is 21.8. The highest BCUT2D eigenvalue weighted by Gasteiger charge is 2.42. The molecule has 1 aliphatic rings. The van der Waals surface area contributed by atoms with Crippen molar-refractivity contribution in [1.29, 1.82) is 0 Å². The van der Waals surface area contributed by atoms with Gasteiger partial charge in [0, 0.05) is 29.9 Å². The minimum atomic E-state index is -0.137. The molecule has 6 rings (SSSR count). The molecule has 1 saturated heterocycles. The van der Waals surface area contributed by atoms with Crippen LogP contribution >= 0.6 is 0 Å². The number of anilines is 2. The third kappa shape index (κ3) is 3.78. The van der Waals surface area contributed by atoms with E-state index in [-0.39, 0.29) is 12.1 Å². The fourth-order valence-electron chi connectivity index (χ4n) is 6.06. The molecule has 4 N–H and O–H groups in total. The minimum absolute atomic E-state index is 0.136. The number of rotatable bonds is 6. The fourth-order valence-corrected chi connectivity index (χ4v) is 6.06. The highest BCUT2D eigenvalue weighted by Crippen LogP contribution is 2.45. The van der Waals surface area contributed by atoms with E-state index in [2.05, 4.69) is 82.2 Å². The van der Waals surface area contributed by atoms with E-state index < -0.39 is 0 Å². The van der Waals surface area contributed by atoms with E-state index in [9.17, 15) is 0 Å². The second-order valence-corrected chi connectivity index (χ2v) is 9.96. The third-order valence-corrected chi connectivity index (χ3v) is 7.89. The lowest BCUT2D eigenvalue weighted by Gasteiger charge is -2.31. The monoisotopic (exact) mass is 504 g/mol. The van der Waals surface area contributed by atoms with Crippen LogP contribution in [0.15, 0.2) is 84.9 Å². The maximum Gasteiger partial charge on any atom is 0.161 e. The van der Waals surface area contributed by atoms with Gasteiger partial charge in [-0.1, -0.05) is 60.7 Å². The fraction of sp³-hybridized carbons (Fsp3) is 0.226. The van der Waals surface area contributed by atoms with Crippen LogP contribution in [0.2, 0.25) is 0 Å². The van der Waals surface area contributed by atoms with Crippen LogP contribution in [-0.4, -0.2) is 34.6 Å². The Morgan fingerprint density at radius 1 is 0.842 bits per heavy atom. The van der Waals surface area contributed by atoms with Crippen molar-refractivity contribution in [3.05, 3.63) is 107 Å². The van der Waals surface area contributed by atoms with Gasteiger partial charge < -0.3 is 15.4 Å². The number of benzene rings is 3. The molecule has 0 amide bonds. The number of ether oxygens (including phenoxy) is 1. The number of nitrogen functional groups attached to an aromatic ring is 1. The Bertz CT molecular complexity index is 1540. The lowest BCUT2D eigenvalue weighted by molar-refractivity contribution is 0.329. The van der Waals surface area contributed by atoms with Gasteiger partial charge in [0.2, 0.25) is 0 Å². The molecule has 0 atom stereocenters. The summed E-state index contributed by atoms with van der Waals surface area (Å²) in [6.45, 7) is 5.89. The highest BCUT2D eigenvalue weighted by molar-refractivity contribution is 6.04. The molecule has 0 saturated carbocycles. The van der Waals surface area contributed by atoms with Crippen LogP contribution in [0.1, 0.15) is 28.9 Å². The molecule has 7 heteroatoms. The maximum absolute atomic E-state index is 6.80. The first kappa shape index (κ1) is 24.0. The molecule has 0 aliphatic carbocycles. The standard InChI is InChI=1S/C31H32N6O/c1-21-27-28(22(2)37(29(27)33)25-13-15-26(16-14-25)38-20-32)30(35-34-21)36-18-17-31(19-36,23-9-5-3-6-10-23)24-11-7-4-8-12-24/h3-16H,17-20,32-33H2,1-2H3. The number of nitrogens with two attached hydrogens (primary N) is 2. The van der Waals surface area contributed by atoms with Crippen molar-refractivity contribution in [3.63, 3.8) is 0 Å². The van der Waals surface area contributed by atoms with Crippen LogP contribution in [0.25, 0.3) is 16.5 Å². The molecule has 7 nitrogen and oxygen atoms in total. The first-order valence-corrected chi connectivity index (χ1v) is 13.0. The topological polar surface area (TPSA) is 95.2 Å². The molecule has 1 fully saturated rings. The smallest absolute Gasteiger partial charge is 0.161 e. The van der Waals surface area contributed by atoms with E-state index in [1.165, 1.54) is 11.1 Å². The van der Waals surface area contributed by atoms with E-state index in [0.717, 1.165) is 58.9 Å². The molecule has 0 radical (unpaired) electrons. The first-order valence-electron chi connectivity index (χ1n) is 13.0. The highest BCUT2D eigenvalue weighted by atomic mass is 16.5. The Labute approximate surface area is 222 Å². The predicted molar refractivity (Wildman–Crippen MR) is 153 cm³/mol. The van der Waals surface area contributed by atoms with Gasteiger partial charge in [-0.05, 0) is 55.7 Å². The number of hydrogen-bond donors (Lipinski definition) is 2. The van der Waals surface area contributed by atoms with E-state index >= 15 is 0 Å². The molecule has 2 aromatic heterocycles. The number of aryl methyl sites for hydroxylation is 2. The molecular weight excluding hydrogens is 472 g/mol. The van der Waals surface area contributed by atoms with E-state index in [4.69, 9.17) is 21.3 Å². The van der Waals surface area contributed by atoms with Crippen LogP contribution in [0, 0.1) is 13.8 Å². The Kier molecular flexibility index (Phi) is 6.00. The molecular formula is C31H32N6O. The average Bonchev–Trinajstić information content (AvgIpc) is 3.52. The molecule has 0 spiro atoms. The molecule has 3 aromatic carbocycles. The van der Waals surface area contributed by atoms with Crippen LogP contribution in [-0.2, 0) is 5.41 Å². The third-order valence-electron chi connectivity index (χ3n) is 7.89. The van der Waals surface area contributed by atoms with Crippen molar-refractivity contribution < 1.29 is 4.74 Å². The molecule has 0 bridgehead atoms. The van der Waals surface area contributed by atoms with Crippen LogP contribution in [0.5, 0.6) is 5.75 Å². The van der Waals surface area contributed by atoms with Gasteiger partial charge in [-0.2, -0.15) is 5.10 Å². The largest absolute Gasteiger partial charge is 0.479 e. The van der Waals surface area contributed by atoms with Gasteiger partial charge in [0.25, 0.3) is 0 Å². The SMILES string of the molecule is Cc1nnc(N2CCC(c3ccccc3)(c3ccccc3)C2)c2c(C)n(-c3ccc(OCN)cc3)c(N)c12. The van der Waals surface area contributed by atoms with Crippen molar-refractivity contribution >= 4 is 22.4 Å². The van der Waals surface area contributed by atoms with Gasteiger partial charge in [0.1, 0.15) is 18.3 Å². The van der Waals surface area contributed by atoms with Crippen molar-refractivity contribution in [2.24, 2.45) is 5.73 Å². The molecule has 0 unspecified atom stereocenters. The predicted octanol–water partition coefficient (Wildman–Crippen LogP) is 5.11. The van der Waals surface area contributed by atoms with Crippen molar-refractivity contribution in [2.75, 3.05) is 30.5 Å². The Balaban J connectivity index is 1.47. The lowest BCUT2D eigenvalue weighted by atomic mass is 9.74. The van der Waals surface area contributed by atoms with Gasteiger partial charge in [0.05, 0.1) is 16.5 Å². The van der Waals surface area contributed by atoms with Crippen LogP contribution in [0.4, 0.5) is 11.6 Å². The quantitative estimate of drug-likeness (QED) is 0.312. The van der Waals surface area contributed by atoms with E-state index in [1.54, 1.807) is 0 Å². The summed E-state index contributed by atoms with van der Waals surface area (Å²) in [5.41, 5.74) is 17.6. The summed E-state index contributed by atoms with van der Waals surface area (Å²) in [6.07, 6.45) is 0.982. The summed E-state index contributed by atoms with van der Waals surface area (Å²) in [5, 5.41) is 11.3. The van der Waals surface area contributed by atoms with Gasteiger partial charge in [0.15, 0.2) is 5.82 Å². The first-order chi connectivity index (χ1) is 18.5. The number of fused-ring (bicyclic) bond motifs is 1. The minimum Gasteiger partial charge on any atom is -0.479 e. The Morgan fingerprint density at radius 2 is 1.47 bits per heavy atom. The summed E-state index contributed by atoms with van der Waals surface area (Å²) in [7, 11) is 0. The summed E-state index contributed by atoms with van der Waals surface area (Å²) in [5.74, 6) is 2.26. The van der Waals surface area contributed by atoms with Crippen molar-refractivity contribution in [3.8, 4) is 11.4 Å². The van der Waals surface area contributed by atoms with Gasteiger partial charge in [-0.3, -0.25) is 10.3 Å². The Morgan fingerprint density at radius 3 is 2.08 bits per heavy atom. The molecule has 3 heterocycles. The average molecular weight is 505 g/mol. The normalized spacial score (nSPS) is 14.8. The second-order valence-electron chi connectivity index (χ2n) is 9.96. The van der Waals surface area contributed by atoms with Gasteiger partial charge in [-0.25, -0.2) is 0 Å². The summed E-state index contributed by atoms with van der Waals surface area (Å²) in [6, 6.07) is 29.4. The Hall–Kier alpha value is -4.36. The van der Waals surface area contributed by atoms with E-state index in [1.807, 2.05) is 31.2 Å². The number of aromatic nitrogens is 3. The van der Waals surface area contributed by atoms with Gasteiger partial charge >= 0.3 is 0 Å². The zero-order chi connectivity index (χ0) is 26.3. The summed E-state index contributed by atoms with van der Waals surface area (Å²) in [4.78, 5) is 2.38.